The van der Waals surface area contributed by atoms with E-state index < -0.39 is 94.4 Å². The van der Waals surface area contributed by atoms with Gasteiger partial charge in [-0.05, 0) is 135 Å². The fourth-order valence-electron chi connectivity index (χ4n) is 11.0. The molecule has 28 nitrogen and oxygen atoms in total. The number of hydroxylamine groups is 5. The van der Waals surface area contributed by atoms with Crippen LogP contribution in [0.25, 0.3) is 0 Å². The van der Waals surface area contributed by atoms with Crippen LogP contribution in [0.4, 0.5) is 0 Å². The fourth-order valence-corrected chi connectivity index (χ4v) is 13.5. The van der Waals surface area contributed by atoms with Crippen LogP contribution in [0.15, 0.2) is 182 Å². The average Bonchev–Trinajstić information content (AvgIpc) is 0.890. The zero-order valence-electron chi connectivity index (χ0n) is 75.6. The van der Waals surface area contributed by atoms with E-state index in [2.05, 4.69) is 24.8 Å². The number of carboxylic acids is 6. The topological polar surface area (TPSA) is 453 Å². The lowest BCUT2D eigenvalue weighted by Gasteiger charge is -2.22. The molecule has 0 fully saturated rings. The van der Waals surface area contributed by atoms with Gasteiger partial charge in [0, 0.05) is 50.5 Å². The molecule has 0 saturated carbocycles. The van der Waals surface area contributed by atoms with E-state index in [1.165, 1.54) is 31.9 Å². The van der Waals surface area contributed by atoms with Gasteiger partial charge in [0.25, 0.3) is 0 Å². The third kappa shape index (κ3) is 76.3. The largest absolute Gasteiger partial charge is 0.481 e. The zero-order chi connectivity index (χ0) is 96.6. The Morgan fingerprint density at radius 3 is 1.02 bits per heavy atom. The molecule has 0 bridgehead atoms. The lowest BCUT2D eigenvalue weighted by atomic mass is 9.93. The maximum Gasteiger partial charge on any atom is 0.317 e. The summed E-state index contributed by atoms with van der Waals surface area (Å²) < 4.78 is 4.83. The Bertz CT molecular complexity index is 4120. The second kappa shape index (κ2) is 83.5. The summed E-state index contributed by atoms with van der Waals surface area (Å²) in [6.07, 6.45) is 5.92. The van der Waals surface area contributed by atoms with Crippen molar-refractivity contribution in [2.45, 2.75) is 238 Å². The molecular weight excluding hydrogens is 1790 g/mol. The number of carbonyl (C=O) groups is 14. The highest BCUT2D eigenvalue weighted by atomic mass is 32.2. The number of ether oxygens (including phenoxy) is 1. The van der Waals surface area contributed by atoms with E-state index in [1.54, 1.807) is 26.3 Å². The minimum Gasteiger partial charge on any atom is -0.481 e. The minimum atomic E-state index is -1.17. The van der Waals surface area contributed by atoms with Crippen molar-refractivity contribution in [3.63, 3.8) is 0 Å². The van der Waals surface area contributed by atoms with E-state index in [0.717, 1.165) is 86.3 Å². The Morgan fingerprint density at radius 1 is 0.418 bits per heavy atom. The molecule has 0 radical (unpaired) electrons. The SMILES string of the molecule is C.C.C.C.C.C.C.CC(=O)SC(CC(C)C)C(=O)O.CC(=O)SCC(CC(C)C)C(=O)O.CC(=O)SCC(Cc1ccccc1)C(=O)O.CC(C)CC(C(=O)O)C(=O)COC(=O)C(C)(C)C.CC(C)CC(CN(C=O)OCc1ccccc1)C(=O)O.CC(CC(=O)NO)Cc1ccccc1.NC(CS)Cc1ccccc1.O=CN(CC(Cc1ccccc1)C(=O)O)OCc1ccccc1. The van der Waals surface area contributed by atoms with Crippen molar-refractivity contribution < 1.29 is 117 Å². The Kier molecular flexibility index (Phi) is 88.4. The predicted octanol–water partition coefficient (Wildman–Crippen LogP) is 20.4. The summed E-state index contributed by atoms with van der Waals surface area (Å²) in [4.78, 5) is 165. The van der Waals surface area contributed by atoms with E-state index in [-0.39, 0.29) is 130 Å². The van der Waals surface area contributed by atoms with Gasteiger partial charge in [0.1, 0.15) is 24.4 Å². The Labute approximate surface area is 818 Å². The number of carboxylic acid groups (broad SMARTS) is 6. The van der Waals surface area contributed by atoms with E-state index in [1.807, 2.05) is 232 Å². The van der Waals surface area contributed by atoms with Gasteiger partial charge in [-0.2, -0.15) is 12.6 Å². The third-order valence-corrected chi connectivity index (χ3v) is 20.8. The summed E-state index contributed by atoms with van der Waals surface area (Å²) in [6.45, 7) is 26.8. The van der Waals surface area contributed by atoms with Crippen LogP contribution in [-0.4, -0.2) is 176 Å². The number of nitrogens with zero attached hydrogens (tertiary/aromatic N) is 2. The van der Waals surface area contributed by atoms with E-state index >= 15 is 0 Å². The van der Waals surface area contributed by atoms with Gasteiger partial charge in [-0.25, -0.2) is 15.6 Å². The number of ketones is 1. The summed E-state index contributed by atoms with van der Waals surface area (Å²) in [6, 6.07) is 58.0. The normalized spacial score (nSPS) is 11.8. The van der Waals surface area contributed by atoms with Crippen molar-refractivity contribution in [1.29, 1.82) is 0 Å². The van der Waals surface area contributed by atoms with Crippen molar-refractivity contribution in [3.8, 4) is 0 Å². The van der Waals surface area contributed by atoms with Crippen LogP contribution in [0.3, 0.4) is 0 Å². The molecule has 6 aromatic carbocycles. The van der Waals surface area contributed by atoms with Crippen LogP contribution in [-0.2, 0) is 120 Å². The molecule has 758 valence electrons. The molecule has 8 unspecified atom stereocenters. The van der Waals surface area contributed by atoms with Gasteiger partial charge in [-0.15, -0.1) is 0 Å². The number of carbonyl (C=O) groups excluding carboxylic acids is 8. The molecule has 6 aromatic rings. The lowest BCUT2D eigenvalue weighted by Crippen LogP contribution is -2.33. The smallest absolute Gasteiger partial charge is 0.317 e. The quantitative estimate of drug-likeness (QED) is 0.00424. The first kappa shape index (κ1) is 142. The Balaban J connectivity index is -0.000000191. The van der Waals surface area contributed by atoms with Gasteiger partial charge in [-0.1, -0.05) is 332 Å². The van der Waals surface area contributed by atoms with Crippen LogP contribution in [0.1, 0.15) is 221 Å². The van der Waals surface area contributed by atoms with Gasteiger partial charge in [0.2, 0.25) is 18.7 Å². The second-order valence-corrected chi connectivity index (χ2v) is 36.5. The standard InChI is InChI=1S/C18H19NO4.C15H21NO4.C13H22O5.C12H14O3S.C11H15NO2.C9H13NS.C9H16O3S.C8H14O3S.7CH4/c20-14-19(23-13-16-9-5-2-6-10-16)12-17(18(21)22)11-15-7-3-1-4-8-15;1-12(2)8-14(15(18)19)9-16(11-17)20-10-13-6-4-3-5-7-13;1-8(2)6-9(11(15)16)10(14)7-18-12(17)13(3,4)5;1-9(13)16-8-11(12(14)15)7-10-5-3-2-4-6-10;1-9(8-11(13)12-14)7-10-5-3-2-4-6-10;10-9(7-11)6-8-4-2-1-3-5-8;1-6(2)4-8(9(11)12)5-13-7(3)10;1-5(2)4-7(8(10)11)12-6(3)9;;;;;;;/h1-10,14,17H,11-13H2,(H,21,22);3-7,11-12,14H,8-10H2,1-2H3,(H,18,19);8-9H,6-7H2,1-5H3,(H,15,16);2-6,11H,7-8H2,1H3,(H,14,15);2-6,9,14H,7-8H2,1H3,(H,12,13);1-5,9,11H,6-7,10H2;6,8H,4-5H2,1-3H3,(H,11,12);5,7H,4H2,1-3H3,(H,10,11);7*1H4. The average molecular weight is 1960 g/mol. The van der Waals surface area contributed by atoms with E-state index in [0.29, 0.717) is 74.7 Å². The number of benzene rings is 6. The number of nitrogens with one attached hydrogen (secondary N) is 1. The molecule has 3 amide bonds. The number of rotatable bonds is 45. The molecule has 0 spiro atoms. The molecule has 0 saturated heterocycles. The highest BCUT2D eigenvalue weighted by Crippen LogP contribution is 2.24. The van der Waals surface area contributed by atoms with Crippen LogP contribution in [0, 0.1) is 64.6 Å². The molecule has 0 aliphatic rings. The number of hydrogen-bond acceptors (Lipinski definition) is 23. The monoisotopic (exact) mass is 1960 g/mol. The van der Waals surface area contributed by atoms with Gasteiger partial charge in [0.05, 0.1) is 42.2 Å². The molecule has 10 N–H and O–H groups in total. The number of nitrogens with two attached hydrogens (primary N) is 1. The van der Waals surface area contributed by atoms with Crippen molar-refractivity contribution in [2.75, 3.05) is 37.0 Å². The number of hydrogen-bond donors (Lipinski definition) is 10. The summed E-state index contributed by atoms with van der Waals surface area (Å²) in [7, 11) is 0. The molecular formula is C102H162N4O24S4. The molecule has 134 heavy (non-hydrogen) atoms. The van der Waals surface area contributed by atoms with Crippen LogP contribution < -0.4 is 11.2 Å². The predicted molar refractivity (Wildman–Crippen MR) is 546 cm³/mol. The number of aliphatic carboxylic acids is 6. The lowest BCUT2D eigenvalue weighted by molar-refractivity contribution is -0.184. The van der Waals surface area contributed by atoms with Crippen molar-refractivity contribution in [3.05, 3.63) is 215 Å². The number of amides is 3. The number of esters is 1. The number of thioether (sulfide) groups is 3. The molecule has 0 aliphatic carbocycles. The van der Waals surface area contributed by atoms with E-state index in [4.69, 9.17) is 50.9 Å². The third-order valence-electron chi connectivity index (χ3n) is 17.3. The molecule has 0 aromatic heterocycles. The first-order chi connectivity index (χ1) is 59.8. The fraction of sp³-hybridized carbons (Fsp3) is 0.510. The minimum absolute atomic E-state index is 0. The van der Waals surface area contributed by atoms with Gasteiger partial charge < -0.3 is 41.1 Å². The molecule has 6 rings (SSSR count). The zero-order valence-corrected chi connectivity index (χ0v) is 79.0. The molecule has 8 atom stereocenters. The summed E-state index contributed by atoms with van der Waals surface area (Å²) >= 11 is 7.18. The molecule has 32 heteroatoms. The van der Waals surface area contributed by atoms with Crippen LogP contribution in [0.2, 0.25) is 0 Å². The number of Topliss-reactive ketones (excluding diaryl/α,β-unsaturated/α-hetero) is 1. The summed E-state index contributed by atoms with van der Waals surface area (Å²) in [5.41, 5.74) is 12.9. The Morgan fingerprint density at radius 2 is 0.731 bits per heavy atom. The van der Waals surface area contributed by atoms with Crippen LogP contribution in [0.5, 0.6) is 0 Å². The first-order valence-corrected chi connectivity index (χ1v) is 45.0. The molecule has 0 aliphatic heterocycles. The van der Waals surface area contributed by atoms with Crippen molar-refractivity contribution in [1.82, 2.24) is 15.6 Å². The van der Waals surface area contributed by atoms with Gasteiger partial charge >= 0.3 is 41.8 Å². The first-order valence-electron chi connectivity index (χ1n) is 41.5. The van der Waals surface area contributed by atoms with E-state index in [9.17, 15) is 72.2 Å². The maximum absolute atomic E-state index is 11.7. The highest BCUT2D eigenvalue weighted by molar-refractivity contribution is 8.14. The van der Waals surface area contributed by atoms with Crippen molar-refractivity contribution >= 4 is 130 Å². The summed E-state index contributed by atoms with van der Waals surface area (Å²) in [5, 5.41) is 63.7. The summed E-state index contributed by atoms with van der Waals surface area (Å²) in [5.74, 6) is -7.60. The van der Waals surface area contributed by atoms with Crippen LogP contribution >= 0.6 is 47.9 Å². The number of thiol groups is 1. The second-order valence-electron chi connectivity index (χ2n) is 32.4. The van der Waals surface area contributed by atoms with Crippen molar-refractivity contribution in [2.24, 2.45) is 70.3 Å². The Hall–Kier alpha value is -10.1. The van der Waals surface area contributed by atoms with Gasteiger partial charge in [0.15, 0.2) is 27.7 Å². The highest BCUT2D eigenvalue weighted by Gasteiger charge is 2.31. The van der Waals surface area contributed by atoms with Gasteiger partial charge in [-0.3, -0.25) is 82.0 Å². The molecule has 0 heterocycles. The maximum atomic E-state index is 11.7.